The molecule has 4 rings (SSSR count). The number of amides is 1. The molecule has 9 nitrogen and oxygen atoms in total. The number of carbonyl (C=O) groups is 1. The number of H-pyrrole nitrogens is 1. The quantitative estimate of drug-likeness (QED) is 0.320. The van der Waals surface area contributed by atoms with Crippen LogP contribution >= 0.6 is 0 Å². The van der Waals surface area contributed by atoms with E-state index in [4.69, 9.17) is 9.47 Å². The SMILES string of the molecule is Cc1ccc(Oc2nc(-c3cc(F)cc(OCC(C)C)c3)ccc2C(=O)NS(=O)(=O)c2ccn[nH]2)cc1. The molecule has 0 saturated heterocycles. The number of sulfonamides is 1. The summed E-state index contributed by atoms with van der Waals surface area (Å²) in [5.74, 6) is -0.690. The van der Waals surface area contributed by atoms with Gasteiger partial charge in [-0.3, -0.25) is 9.89 Å². The predicted octanol–water partition coefficient (Wildman–Crippen LogP) is 4.87. The van der Waals surface area contributed by atoms with Crippen molar-refractivity contribution in [3.63, 3.8) is 0 Å². The van der Waals surface area contributed by atoms with Gasteiger partial charge in [-0.1, -0.05) is 31.5 Å². The van der Waals surface area contributed by atoms with E-state index in [1.54, 1.807) is 18.2 Å². The lowest BCUT2D eigenvalue weighted by Crippen LogP contribution is -2.31. The Balaban J connectivity index is 1.72. The van der Waals surface area contributed by atoms with Crippen LogP contribution in [0, 0.1) is 18.7 Å². The lowest BCUT2D eigenvalue weighted by atomic mass is 10.1. The third-order valence-electron chi connectivity index (χ3n) is 5.08. The van der Waals surface area contributed by atoms with Gasteiger partial charge in [0, 0.05) is 11.6 Å². The molecule has 11 heteroatoms. The number of aromatic amines is 1. The number of hydrogen-bond donors (Lipinski definition) is 2. The molecule has 0 saturated carbocycles. The molecule has 0 aliphatic rings. The molecule has 4 aromatic rings. The van der Waals surface area contributed by atoms with Crippen LogP contribution in [0.5, 0.6) is 17.4 Å². The van der Waals surface area contributed by atoms with Gasteiger partial charge < -0.3 is 9.47 Å². The molecule has 1 amide bonds. The van der Waals surface area contributed by atoms with Crippen molar-refractivity contribution in [1.29, 1.82) is 0 Å². The van der Waals surface area contributed by atoms with E-state index in [-0.39, 0.29) is 22.4 Å². The number of rotatable bonds is 9. The number of benzene rings is 2. The number of ether oxygens (including phenoxy) is 2. The third-order valence-corrected chi connectivity index (χ3v) is 6.34. The first-order chi connectivity index (χ1) is 17.6. The van der Waals surface area contributed by atoms with Crippen LogP contribution < -0.4 is 14.2 Å². The van der Waals surface area contributed by atoms with Crippen molar-refractivity contribution in [2.45, 2.75) is 25.8 Å². The van der Waals surface area contributed by atoms with Crippen molar-refractivity contribution in [2.75, 3.05) is 6.61 Å². The maximum atomic E-state index is 14.4. The molecule has 0 aliphatic heterocycles. The Bertz CT molecular complexity index is 1500. The summed E-state index contributed by atoms with van der Waals surface area (Å²) in [5.41, 5.74) is 1.54. The second-order valence-corrected chi connectivity index (χ2v) is 10.4. The first kappa shape index (κ1) is 25.8. The highest BCUT2D eigenvalue weighted by molar-refractivity contribution is 7.90. The summed E-state index contributed by atoms with van der Waals surface area (Å²) < 4.78 is 53.0. The van der Waals surface area contributed by atoms with Gasteiger partial charge >= 0.3 is 0 Å². The van der Waals surface area contributed by atoms with Crippen molar-refractivity contribution in [3.8, 4) is 28.6 Å². The summed E-state index contributed by atoms with van der Waals surface area (Å²) in [6.07, 6.45) is 1.25. The van der Waals surface area contributed by atoms with Gasteiger partial charge in [-0.05, 0) is 55.3 Å². The zero-order chi connectivity index (χ0) is 26.6. The fraction of sp³-hybridized carbons (Fsp3) is 0.192. The predicted molar refractivity (Wildman–Crippen MR) is 134 cm³/mol. The van der Waals surface area contributed by atoms with E-state index in [0.717, 1.165) is 5.56 Å². The second kappa shape index (κ2) is 10.8. The molecule has 0 bridgehead atoms. The number of aromatic nitrogens is 3. The maximum absolute atomic E-state index is 14.4. The summed E-state index contributed by atoms with van der Waals surface area (Å²) in [4.78, 5) is 17.4. The lowest BCUT2D eigenvalue weighted by molar-refractivity contribution is 0.0978. The standard InChI is InChI=1S/C26H25FN4O5S/c1-16(2)15-35-21-13-18(12-19(27)14-21)23-9-8-22(25(32)31-37(33,34)24-10-11-28-30-24)26(29-23)36-20-6-4-17(3)5-7-20/h4-14,16H,15H2,1-3H3,(H,28,30)(H,31,32). The Hall–Kier alpha value is -4.25. The second-order valence-electron chi connectivity index (χ2n) is 8.70. The average Bonchev–Trinajstić information content (AvgIpc) is 3.40. The summed E-state index contributed by atoms with van der Waals surface area (Å²) >= 11 is 0. The molecule has 37 heavy (non-hydrogen) atoms. The molecule has 2 aromatic heterocycles. The highest BCUT2D eigenvalue weighted by atomic mass is 32.2. The third kappa shape index (κ3) is 6.50. The molecule has 0 atom stereocenters. The van der Waals surface area contributed by atoms with Crippen LogP contribution in [-0.2, 0) is 10.0 Å². The number of hydrogen-bond acceptors (Lipinski definition) is 7. The van der Waals surface area contributed by atoms with E-state index < -0.39 is 21.7 Å². The van der Waals surface area contributed by atoms with Crippen molar-refractivity contribution < 1.29 is 27.1 Å². The Kier molecular flexibility index (Phi) is 7.53. The van der Waals surface area contributed by atoms with Crippen LogP contribution in [-0.4, -0.2) is 36.1 Å². The topological polar surface area (TPSA) is 123 Å². The molecule has 0 spiro atoms. The van der Waals surface area contributed by atoms with E-state index >= 15 is 0 Å². The molecule has 0 fully saturated rings. The molecule has 2 heterocycles. The fourth-order valence-electron chi connectivity index (χ4n) is 3.25. The molecule has 2 aromatic carbocycles. The monoisotopic (exact) mass is 524 g/mol. The van der Waals surface area contributed by atoms with Gasteiger partial charge in [-0.15, -0.1) is 0 Å². The number of carbonyl (C=O) groups excluding carboxylic acids is 1. The molecular formula is C26H25FN4O5S. The lowest BCUT2D eigenvalue weighted by Gasteiger charge is -2.14. The summed E-state index contributed by atoms with van der Waals surface area (Å²) in [6, 6.07) is 15.2. The van der Waals surface area contributed by atoms with Crippen molar-refractivity contribution in [1.82, 2.24) is 19.9 Å². The Morgan fingerprint density at radius 2 is 1.81 bits per heavy atom. The van der Waals surface area contributed by atoms with Gasteiger partial charge in [0.25, 0.3) is 15.9 Å². The number of nitrogens with one attached hydrogen (secondary N) is 2. The minimum Gasteiger partial charge on any atom is -0.493 e. The Morgan fingerprint density at radius 3 is 2.49 bits per heavy atom. The molecule has 0 unspecified atom stereocenters. The van der Waals surface area contributed by atoms with Crippen LogP contribution in [0.4, 0.5) is 4.39 Å². The number of halogens is 1. The Labute approximate surface area is 213 Å². The van der Waals surface area contributed by atoms with Crippen LogP contribution in [0.1, 0.15) is 29.8 Å². The average molecular weight is 525 g/mol. The van der Waals surface area contributed by atoms with Gasteiger partial charge in [-0.25, -0.2) is 14.1 Å². The van der Waals surface area contributed by atoms with Gasteiger partial charge in [0.2, 0.25) is 5.88 Å². The molecule has 0 aliphatic carbocycles. The number of aryl methyl sites for hydroxylation is 1. The molecule has 0 radical (unpaired) electrons. The fourth-order valence-corrected chi connectivity index (χ4v) is 4.13. The van der Waals surface area contributed by atoms with Crippen LogP contribution in [0.25, 0.3) is 11.3 Å². The summed E-state index contributed by atoms with van der Waals surface area (Å²) in [6.45, 7) is 6.27. The van der Waals surface area contributed by atoms with E-state index in [9.17, 15) is 17.6 Å². The van der Waals surface area contributed by atoms with Gasteiger partial charge in [-0.2, -0.15) is 13.5 Å². The zero-order valence-electron chi connectivity index (χ0n) is 20.4. The first-order valence-corrected chi connectivity index (χ1v) is 12.8. The molecule has 2 N–H and O–H groups in total. The maximum Gasteiger partial charge on any atom is 0.281 e. The van der Waals surface area contributed by atoms with E-state index in [1.807, 2.05) is 37.6 Å². The first-order valence-electron chi connectivity index (χ1n) is 11.4. The number of pyridine rings is 1. The number of nitrogens with zero attached hydrogens (tertiary/aromatic N) is 2. The van der Waals surface area contributed by atoms with Crippen molar-refractivity contribution in [3.05, 3.63) is 83.8 Å². The normalized spacial score (nSPS) is 11.4. The smallest absolute Gasteiger partial charge is 0.281 e. The summed E-state index contributed by atoms with van der Waals surface area (Å²) in [7, 11) is -4.21. The van der Waals surface area contributed by atoms with Gasteiger partial charge in [0.1, 0.15) is 22.9 Å². The highest BCUT2D eigenvalue weighted by Gasteiger charge is 2.24. The van der Waals surface area contributed by atoms with Gasteiger partial charge in [0.05, 0.1) is 18.5 Å². The van der Waals surface area contributed by atoms with Crippen LogP contribution in [0.3, 0.4) is 0 Å². The largest absolute Gasteiger partial charge is 0.493 e. The highest BCUT2D eigenvalue weighted by Crippen LogP contribution is 2.30. The molecular weight excluding hydrogens is 499 g/mol. The van der Waals surface area contributed by atoms with Crippen LogP contribution in [0.15, 0.2) is 71.9 Å². The minimum absolute atomic E-state index is 0.139. The van der Waals surface area contributed by atoms with Crippen LogP contribution in [0.2, 0.25) is 0 Å². The minimum atomic E-state index is -4.21. The zero-order valence-corrected chi connectivity index (χ0v) is 21.2. The molecule has 192 valence electrons. The van der Waals surface area contributed by atoms with Gasteiger partial charge in [0.15, 0.2) is 5.03 Å². The van der Waals surface area contributed by atoms with E-state index in [2.05, 4.69) is 15.2 Å². The van der Waals surface area contributed by atoms with Crippen molar-refractivity contribution in [2.24, 2.45) is 5.92 Å². The van der Waals surface area contributed by atoms with E-state index in [1.165, 1.54) is 36.5 Å². The van der Waals surface area contributed by atoms with E-state index in [0.29, 0.717) is 29.4 Å². The Morgan fingerprint density at radius 1 is 1.05 bits per heavy atom. The van der Waals surface area contributed by atoms with Crippen molar-refractivity contribution >= 4 is 15.9 Å². The summed E-state index contributed by atoms with van der Waals surface area (Å²) in [5, 5.41) is 5.63.